The fraction of sp³-hybridized carbons (Fsp3) is 0.458. The second kappa shape index (κ2) is 8.57. The molecule has 180 valence electrons. The minimum atomic E-state index is -4.41. The van der Waals surface area contributed by atoms with Gasteiger partial charge in [-0.15, -0.1) is 0 Å². The summed E-state index contributed by atoms with van der Waals surface area (Å²) >= 11 is 0. The molecule has 1 aliphatic heterocycles. The number of nitrogens with zero attached hydrogens (tertiary/aromatic N) is 3. The van der Waals surface area contributed by atoms with Crippen molar-refractivity contribution in [3.05, 3.63) is 52.4 Å². The van der Waals surface area contributed by atoms with Gasteiger partial charge in [0, 0.05) is 29.6 Å². The van der Waals surface area contributed by atoms with Crippen LogP contribution < -0.4 is 16.2 Å². The normalized spacial score (nSPS) is 21.2. The van der Waals surface area contributed by atoms with E-state index in [1.54, 1.807) is 32.2 Å². The van der Waals surface area contributed by atoms with Crippen molar-refractivity contribution >= 4 is 28.1 Å². The molecule has 34 heavy (non-hydrogen) atoms. The van der Waals surface area contributed by atoms with Crippen LogP contribution in [-0.2, 0) is 0 Å². The van der Waals surface area contributed by atoms with Crippen LogP contribution in [0.1, 0.15) is 50.8 Å². The average molecular weight is 473 g/mol. The fourth-order valence-electron chi connectivity index (χ4n) is 4.95. The molecule has 3 atom stereocenters. The van der Waals surface area contributed by atoms with E-state index in [1.807, 2.05) is 10.7 Å². The van der Waals surface area contributed by atoms with Crippen LogP contribution in [0.2, 0.25) is 0 Å². The van der Waals surface area contributed by atoms with Gasteiger partial charge >= 0.3 is 6.18 Å². The Morgan fingerprint density at radius 1 is 1.15 bits per heavy atom. The summed E-state index contributed by atoms with van der Waals surface area (Å²) in [6, 6.07) is 5.94. The van der Waals surface area contributed by atoms with E-state index < -0.39 is 12.2 Å². The summed E-state index contributed by atoms with van der Waals surface area (Å²) < 4.78 is 42.5. The molecule has 0 spiro atoms. The molecular weight excluding hydrogens is 445 g/mol. The molecule has 0 bridgehead atoms. The standard InChI is InChI=1S/C24H27F3N6O/c1-13(2)30-21(24(25,26)27)14-6-8-15(9-7-14)31-22-20-19(10-11-28-23(20)34)33(32-22)18-5-3-4-16(18)17-12-29-17/h6-11,13,16,18,21,30H,3-5,12H2,1-2H3,(H,28,34)(H,31,32). The molecule has 0 radical (unpaired) electrons. The average Bonchev–Trinajstić information content (AvgIpc) is 3.39. The van der Waals surface area contributed by atoms with E-state index in [0.29, 0.717) is 22.8 Å². The largest absolute Gasteiger partial charge is 0.407 e. The predicted octanol–water partition coefficient (Wildman–Crippen LogP) is 4.87. The number of rotatable bonds is 7. The Morgan fingerprint density at radius 2 is 1.88 bits per heavy atom. The monoisotopic (exact) mass is 472 g/mol. The van der Waals surface area contributed by atoms with Gasteiger partial charge in [0.25, 0.3) is 5.56 Å². The number of aromatic amines is 1. The highest BCUT2D eigenvalue weighted by molar-refractivity contribution is 5.99. The van der Waals surface area contributed by atoms with Gasteiger partial charge in [-0.1, -0.05) is 32.4 Å². The van der Waals surface area contributed by atoms with E-state index in [4.69, 9.17) is 5.10 Å². The van der Waals surface area contributed by atoms with Crippen molar-refractivity contribution in [3.63, 3.8) is 0 Å². The molecule has 1 fully saturated rings. The highest BCUT2D eigenvalue weighted by atomic mass is 19.4. The third-order valence-electron chi connectivity index (χ3n) is 6.53. The van der Waals surface area contributed by atoms with Crippen LogP contribution in [0.3, 0.4) is 0 Å². The van der Waals surface area contributed by atoms with Crippen LogP contribution in [0.25, 0.3) is 10.9 Å². The topological polar surface area (TPSA) is 87.1 Å². The van der Waals surface area contributed by atoms with Crippen molar-refractivity contribution in [2.45, 2.75) is 57.4 Å². The second-order valence-corrected chi connectivity index (χ2v) is 9.32. The summed E-state index contributed by atoms with van der Waals surface area (Å²) in [5.74, 6) is 0.725. The summed E-state index contributed by atoms with van der Waals surface area (Å²) in [4.78, 5) is 19.8. The third-order valence-corrected chi connectivity index (χ3v) is 6.53. The van der Waals surface area contributed by atoms with Crippen LogP contribution in [0.5, 0.6) is 0 Å². The van der Waals surface area contributed by atoms with Gasteiger partial charge in [-0.05, 0) is 36.6 Å². The van der Waals surface area contributed by atoms with Crippen molar-refractivity contribution in [2.75, 3.05) is 11.9 Å². The predicted molar refractivity (Wildman–Crippen MR) is 126 cm³/mol. The SMILES string of the molecule is CC(C)NC(c1ccc(Nc2nn(C3CCCC3C3=NC3)c3cc[nH]c(=O)c23)cc1)C(F)(F)F. The first-order valence-corrected chi connectivity index (χ1v) is 11.5. The number of hydrogen-bond acceptors (Lipinski definition) is 5. The van der Waals surface area contributed by atoms with Gasteiger partial charge in [0.15, 0.2) is 5.82 Å². The summed E-state index contributed by atoms with van der Waals surface area (Å²) in [5, 5.41) is 10.9. The van der Waals surface area contributed by atoms with Crippen LogP contribution in [-0.4, -0.2) is 39.2 Å². The van der Waals surface area contributed by atoms with Gasteiger partial charge in [-0.2, -0.15) is 18.3 Å². The number of H-pyrrole nitrogens is 1. The maximum atomic E-state index is 13.5. The molecule has 0 saturated heterocycles. The van der Waals surface area contributed by atoms with Gasteiger partial charge < -0.3 is 15.6 Å². The number of halogens is 3. The molecule has 7 nitrogen and oxygen atoms in total. The van der Waals surface area contributed by atoms with E-state index >= 15 is 0 Å². The number of pyridine rings is 1. The molecule has 5 rings (SSSR count). The van der Waals surface area contributed by atoms with Crippen molar-refractivity contribution in [3.8, 4) is 0 Å². The molecule has 3 N–H and O–H groups in total. The summed E-state index contributed by atoms with van der Waals surface area (Å²) in [5.41, 5.74) is 2.37. The zero-order valence-electron chi connectivity index (χ0n) is 19.0. The highest BCUT2D eigenvalue weighted by Gasteiger charge is 2.41. The van der Waals surface area contributed by atoms with Gasteiger partial charge in [0.2, 0.25) is 0 Å². The van der Waals surface area contributed by atoms with Crippen LogP contribution in [0, 0.1) is 5.92 Å². The van der Waals surface area contributed by atoms with Crippen molar-refractivity contribution < 1.29 is 13.2 Å². The molecule has 2 aromatic heterocycles. The molecule has 1 aromatic carbocycles. The number of nitrogens with one attached hydrogen (secondary N) is 3. The minimum Gasteiger partial charge on any atom is -0.338 e. The maximum absolute atomic E-state index is 13.5. The minimum absolute atomic E-state index is 0.124. The number of aliphatic imine (C=N–C) groups is 1. The van der Waals surface area contributed by atoms with Crippen molar-refractivity contribution in [2.24, 2.45) is 10.9 Å². The van der Waals surface area contributed by atoms with Crippen molar-refractivity contribution in [1.29, 1.82) is 0 Å². The zero-order valence-corrected chi connectivity index (χ0v) is 19.0. The zero-order chi connectivity index (χ0) is 24.0. The Bertz CT molecular complexity index is 1270. The molecule has 3 aromatic rings. The number of alkyl halides is 3. The Labute approximate surface area is 194 Å². The van der Waals surface area contributed by atoms with Crippen molar-refractivity contribution in [1.82, 2.24) is 20.1 Å². The maximum Gasteiger partial charge on any atom is 0.407 e. The first kappa shape index (κ1) is 22.6. The summed E-state index contributed by atoms with van der Waals surface area (Å²) in [6.45, 7) is 4.17. The van der Waals surface area contributed by atoms with E-state index in [0.717, 1.165) is 31.3 Å². The van der Waals surface area contributed by atoms with E-state index in [2.05, 4.69) is 20.6 Å². The fourth-order valence-corrected chi connectivity index (χ4v) is 4.95. The number of aromatic nitrogens is 3. The lowest BCUT2D eigenvalue weighted by atomic mass is 10.0. The number of fused-ring (bicyclic) bond motifs is 1. The lowest BCUT2D eigenvalue weighted by molar-refractivity contribution is -0.159. The lowest BCUT2D eigenvalue weighted by Gasteiger charge is -2.24. The van der Waals surface area contributed by atoms with Crippen LogP contribution in [0.4, 0.5) is 24.7 Å². The van der Waals surface area contributed by atoms with E-state index in [9.17, 15) is 18.0 Å². The molecular formula is C24H27F3N6O. The second-order valence-electron chi connectivity index (χ2n) is 9.32. The molecule has 0 amide bonds. The number of benzene rings is 1. The molecule has 3 heterocycles. The molecule has 1 saturated carbocycles. The lowest BCUT2D eigenvalue weighted by Crippen LogP contribution is -2.38. The summed E-state index contributed by atoms with van der Waals surface area (Å²) in [7, 11) is 0. The van der Waals surface area contributed by atoms with Gasteiger partial charge in [-0.3, -0.25) is 14.5 Å². The molecule has 2 aliphatic rings. The third kappa shape index (κ3) is 4.34. The Hall–Kier alpha value is -3.14. The molecule has 3 unspecified atom stereocenters. The van der Waals surface area contributed by atoms with Gasteiger partial charge in [-0.25, -0.2) is 0 Å². The molecule has 10 heteroatoms. The smallest absolute Gasteiger partial charge is 0.338 e. The highest BCUT2D eigenvalue weighted by Crippen LogP contribution is 2.41. The first-order valence-electron chi connectivity index (χ1n) is 11.5. The number of anilines is 2. The van der Waals surface area contributed by atoms with E-state index in [-0.39, 0.29) is 23.2 Å². The van der Waals surface area contributed by atoms with Gasteiger partial charge in [0.1, 0.15) is 11.4 Å². The Balaban J connectivity index is 1.46. The quantitative estimate of drug-likeness (QED) is 0.458. The van der Waals surface area contributed by atoms with Gasteiger partial charge in [0.05, 0.1) is 18.1 Å². The van der Waals surface area contributed by atoms with Crippen LogP contribution in [0.15, 0.2) is 46.3 Å². The Kier molecular flexibility index (Phi) is 5.71. The summed E-state index contributed by atoms with van der Waals surface area (Å²) in [6.07, 6.45) is 0.296. The molecule has 1 aliphatic carbocycles. The Morgan fingerprint density at radius 3 is 2.53 bits per heavy atom. The number of hydrogen-bond donors (Lipinski definition) is 3. The van der Waals surface area contributed by atoms with Crippen LogP contribution >= 0.6 is 0 Å². The van der Waals surface area contributed by atoms with E-state index in [1.165, 1.54) is 17.8 Å². The first-order chi connectivity index (χ1) is 16.2.